The summed E-state index contributed by atoms with van der Waals surface area (Å²) < 4.78 is 5.43. The van der Waals surface area contributed by atoms with E-state index in [0.717, 1.165) is 33.3 Å². The molecule has 0 bridgehead atoms. The Labute approximate surface area is 156 Å². The fraction of sp³-hybridized carbons (Fsp3) is 0.136. The first kappa shape index (κ1) is 16.8. The van der Waals surface area contributed by atoms with Gasteiger partial charge in [-0.05, 0) is 47.1 Å². The van der Waals surface area contributed by atoms with Crippen molar-refractivity contribution in [2.45, 2.75) is 13.1 Å². The molecule has 0 spiro atoms. The standard InChI is InChI=1S/C22H18ClNO2/c1-24(13-15-6-9-18(23)10-7-15)14-17-12-21(25)26-20-11-8-16-4-2-3-5-19(16)22(17)20/h2-12H,13-14H2,1H3. The Balaban J connectivity index is 1.74. The zero-order chi connectivity index (χ0) is 18.1. The third kappa shape index (κ3) is 3.36. The van der Waals surface area contributed by atoms with Gasteiger partial charge in [-0.15, -0.1) is 0 Å². The highest BCUT2D eigenvalue weighted by molar-refractivity contribution is 6.30. The summed E-state index contributed by atoms with van der Waals surface area (Å²) in [7, 11) is 2.04. The number of halogens is 1. The summed E-state index contributed by atoms with van der Waals surface area (Å²) in [6.45, 7) is 1.42. The molecule has 1 aromatic heterocycles. The molecule has 3 aromatic carbocycles. The summed E-state index contributed by atoms with van der Waals surface area (Å²) in [5, 5.41) is 3.97. The predicted octanol–water partition coefficient (Wildman–Crippen LogP) is 5.23. The molecule has 0 atom stereocenters. The largest absolute Gasteiger partial charge is 0.423 e. The number of hydrogen-bond acceptors (Lipinski definition) is 3. The van der Waals surface area contributed by atoms with Crippen molar-refractivity contribution in [3.8, 4) is 0 Å². The molecule has 0 radical (unpaired) electrons. The monoisotopic (exact) mass is 363 g/mol. The third-order valence-electron chi connectivity index (χ3n) is 4.52. The van der Waals surface area contributed by atoms with Crippen molar-refractivity contribution in [1.82, 2.24) is 4.90 Å². The molecule has 1 heterocycles. The normalized spacial score (nSPS) is 11.5. The van der Waals surface area contributed by atoms with E-state index in [9.17, 15) is 4.79 Å². The van der Waals surface area contributed by atoms with Gasteiger partial charge in [0, 0.05) is 29.6 Å². The van der Waals surface area contributed by atoms with Crippen LogP contribution in [-0.2, 0) is 13.1 Å². The van der Waals surface area contributed by atoms with Crippen LogP contribution in [0.15, 0.2) is 75.9 Å². The van der Waals surface area contributed by atoms with Crippen molar-refractivity contribution in [1.29, 1.82) is 0 Å². The number of rotatable bonds is 4. The molecular weight excluding hydrogens is 346 g/mol. The molecular formula is C22H18ClNO2. The summed E-state index contributed by atoms with van der Waals surface area (Å²) in [6.07, 6.45) is 0. The smallest absolute Gasteiger partial charge is 0.336 e. The minimum absolute atomic E-state index is 0.317. The van der Waals surface area contributed by atoms with Crippen LogP contribution in [0.25, 0.3) is 21.7 Å². The van der Waals surface area contributed by atoms with Crippen molar-refractivity contribution in [2.75, 3.05) is 7.05 Å². The first-order chi connectivity index (χ1) is 12.6. The maximum atomic E-state index is 12.0. The van der Waals surface area contributed by atoms with Gasteiger partial charge >= 0.3 is 5.63 Å². The molecule has 0 amide bonds. The zero-order valence-electron chi connectivity index (χ0n) is 14.4. The lowest BCUT2D eigenvalue weighted by Crippen LogP contribution is -2.18. The van der Waals surface area contributed by atoms with E-state index in [1.807, 2.05) is 55.6 Å². The number of nitrogens with zero attached hydrogens (tertiary/aromatic N) is 1. The van der Waals surface area contributed by atoms with Crippen LogP contribution < -0.4 is 5.63 Å². The summed E-state index contributed by atoms with van der Waals surface area (Å²) in [5.41, 5.74) is 2.47. The van der Waals surface area contributed by atoms with Crippen LogP contribution in [0.4, 0.5) is 0 Å². The van der Waals surface area contributed by atoms with Gasteiger partial charge in [0.25, 0.3) is 0 Å². The minimum atomic E-state index is -0.317. The van der Waals surface area contributed by atoms with Crippen LogP contribution in [0.3, 0.4) is 0 Å². The lowest BCUT2D eigenvalue weighted by atomic mass is 10.0. The van der Waals surface area contributed by atoms with Gasteiger partial charge < -0.3 is 4.42 Å². The highest BCUT2D eigenvalue weighted by Crippen LogP contribution is 2.28. The Morgan fingerprint density at radius 1 is 0.962 bits per heavy atom. The van der Waals surface area contributed by atoms with Crippen molar-refractivity contribution in [2.24, 2.45) is 0 Å². The molecule has 0 unspecified atom stereocenters. The van der Waals surface area contributed by atoms with E-state index in [4.69, 9.17) is 16.0 Å². The molecule has 0 aliphatic rings. The zero-order valence-corrected chi connectivity index (χ0v) is 15.2. The summed E-state index contributed by atoms with van der Waals surface area (Å²) >= 11 is 5.96. The van der Waals surface area contributed by atoms with E-state index < -0.39 is 0 Å². The number of hydrogen-bond donors (Lipinski definition) is 0. The maximum Gasteiger partial charge on any atom is 0.336 e. The Morgan fingerprint density at radius 2 is 1.73 bits per heavy atom. The lowest BCUT2D eigenvalue weighted by Gasteiger charge is -2.18. The van der Waals surface area contributed by atoms with Crippen molar-refractivity contribution in [3.63, 3.8) is 0 Å². The van der Waals surface area contributed by atoms with E-state index >= 15 is 0 Å². The third-order valence-corrected chi connectivity index (χ3v) is 4.77. The number of benzene rings is 3. The van der Waals surface area contributed by atoms with Gasteiger partial charge in [-0.25, -0.2) is 4.79 Å². The van der Waals surface area contributed by atoms with Crippen molar-refractivity contribution < 1.29 is 4.42 Å². The second-order valence-corrected chi connectivity index (χ2v) is 6.99. The maximum absolute atomic E-state index is 12.0. The predicted molar refractivity (Wildman–Crippen MR) is 107 cm³/mol. The second kappa shape index (κ2) is 6.94. The average Bonchev–Trinajstić information content (AvgIpc) is 2.63. The summed E-state index contributed by atoms with van der Waals surface area (Å²) in [6, 6.07) is 21.5. The van der Waals surface area contributed by atoms with Crippen molar-refractivity contribution in [3.05, 3.63) is 93.3 Å². The van der Waals surface area contributed by atoms with E-state index in [1.165, 1.54) is 5.56 Å². The van der Waals surface area contributed by atoms with E-state index in [0.29, 0.717) is 12.1 Å². The van der Waals surface area contributed by atoms with Gasteiger partial charge in [0.1, 0.15) is 5.58 Å². The fourth-order valence-electron chi connectivity index (χ4n) is 3.39. The quantitative estimate of drug-likeness (QED) is 0.367. The second-order valence-electron chi connectivity index (χ2n) is 6.55. The van der Waals surface area contributed by atoms with Gasteiger partial charge in [-0.3, -0.25) is 4.90 Å². The summed E-state index contributed by atoms with van der Waals surface area (Å²) in [5.74, 6) is 0. The molecule has 3 nitrogen and oxygen atoms in total. The minimum Gasteiger partial charge on any atom is -0.423 e. The lowest BCUT2D eigenvalue weighted by molar-refractivity contribution is 0.319. The molecule has 26 heavy (non-hydrogen) atoms. The molecule has 0 aliphatic carbocycles. The van der Waals surface area contributed by atoms with E-state index in [-0.39, 0.29) is 5.63 Å². The van der Waals surface area contributed by atoms with Gasteiger partial charge in [0.15, 0.2) is 0 Å². The Bertz CT molecular complexity index is 1130. The van der Waals surface area contributed by atoms with Crippen LogP contribution in [0.5, 0.6) is 0 Å². The molecule has 0 saturated carbocycles. The molecule has 0 aliphatic heterocycles. The molecule has 130 valence electrons. The van der Waals surface area contributed by atoms with Gasteiger partial charge in [-0.2, -0.15) is 0 Å². The first-order valence-electron chi connectivity index (χ1n) is 8.47. The fourth-order valence-corrected chi connectivity index (χ4v) is 3.52. The van der Waals surface area contributed by atoms with Crippen LogP contribution in [0.2, 0.25) is 5.02 Å². The Kier molecular flexibility index (Phi) is 4.49. The number of fused-ring (bicyclic) bond motifs is 3. The highest BCUT2D eigenvalue weighted by atomic mass is 35.5. The molecule has 4 heteroatoms. The average molecular weight is 364 g/mol. The molecule has 0 fully saturated rings. The van der Waals surface area contributed by atoms with Crippen LogP contribution in [0.1, 0.15) is 11.1 Å². The van der Waals surface area contributed by atoms with E-state index in [2.05, 4.69) is 17.0 Å². The van der Waals surface area contributed by atoms with Crippen LogP contribution in [0, 0.1) is 0 Å². The van der Waals surface area contributed by atoms with Gasteiger partial charge in [0.2, 0.25) is 0 Å². The van der Waals surface area contributed by atoms with E-state index in [1.54, 1.807) is 6.07 Å². The van der Waals surface area contributed by atoms with Crippen molar-refractivity contribution >= 4 is 33.3 Å². The molecule has 0 saturated heterocycles. The SMILES string of the molecule is CN(Cc1ccc(Cl)cc1)Cc1cc(=O)oc2ccc3ccccc3c12. The van der Waals surface area contributed by atoms with Crippen LogP contribution in [-0.4, -0.2) is 11.9 Å². The molecule has 0 N–H and O–H groups in total. The topological polar surface area (TPSA) is 33.5 Å². The highest BCUT2D eigenvalue weighted by Gasteiger charge is 2.11. The first-order valence-corrected chi connectivity index (χ1v) is 8.85. The molecule has 4 aromatic rings. The Hall–Kier alpha value is -2.62. The van der Waals surface area contributed by atoms with Gasteiger partial charge in [-0.1, -0.05) is 54.1 Å². The summed E-state index contributed by atoms with van der Waals surface area (Å²) in [4.78, 5) is 14.2. The Morgan fingerprint density at radius 3 is 2.54 bits per heavy atom. The molecule has 4 rings (SSSR count). The van der Waals surface area contributed by atoms with Gasteiger partial charge in [0.05, 0.1) is 0 Å². The van der Waals surface area contributed by atoms with Crippen LogP contribution >= 0.6 is 11.6 Å².